The van der Waals surface area contributed by atoms with Gasteiger partial charge in [0.1, 0.15) is 15.7 Å². The summed E-state index contributed by atoms with van der Waals surface area (Å²) in [7, 11) is -2.88. The van der Waals surface area contributed by atoms with Crippen molar-refractivity contribution < 1.29 is 8.42 Å². The van der Waals surface area contributed by atoms with E-state index in [1.54, 1.807) is 6.20 Å². The fourth-order valence-corrected chi connectivity index (χ4v) is 2.75. The van der Waals surface area contributed by atoms with Gasteiger partial charge in [0.05, 0.1) is 10.8 Å². The number of hydrogen-bond acceptors (Lipinski definition) is 5. The van der Waals surface area contributed by atoms with Crippen molar-refractivity contribution in [3.8, 4) is 0 Å². The highest BCUT2D eigenvalue weighted by Crippen LogP contribution is 2.16. The lowest BCUT2D eigenvalue weighted by molar-refractivity contribution is 0.271. The summed E-state index contributed by atoms with van der Waals surface area (Å²) in [5.74, 6) is 1.15. The Balaban J connectivity index is 1.84. The molecule has 0 spiro atoms. The fraction of sp³-hybridized carbons (Fsp3) is 0.583. The second-order valence-electron chi connectivity index (χ2n) is 4.79. The Bertz CT molecular complexity index is 510. The van der Waals surface area contributed by atoms with Crippen molar-refractivity contribution in [2.75, 3.05) is 49.6 Å². The lowest BCUT2D eigenvalue weighted by atomic mass is 10.3. The van der Waals surface area contributed by atoms with Crippen LogP contribution in [0.15, 0.2) is 18.3 Å². The molecule has 5 nitrogen and oxygen atoms in total. The van der Waals surface area contributed by atoms with Gasteiger partial charge in [0, 0.05) is 45.2 Å². The average molecular weight is 304 g/mol. The SMILES string of the molecule is CS(=O)(=O)CCN1CCN(c2ccc(Cl)cn2)CC1. The lowest BCUT2D eigenvalue weighted by Crippen LogP contribution is -2.47. The molecule has 0 unspecified atom stereocenters. The van der Waals surface area contributed by atoms with Crippen LogP contribution in [0.1, 0.15) is 0 Å². The van der Waals surface area contributed by atoms with E-state index >= 15 is 0 Å². The van der Waals surface area contributed by atoms with E-state index in [2.05, 4.69) is 14.8 Å². The zero-order valence-corrected chi connectivity index (χ0v) is 12.5. The number of hydrogen-bond donors (Lipinski definition) is 0. The van der Waals surface area contributed by atoms with Gasteiger partial charge in [0.2, 0.25) is 0 Å². The standard InChI is InChI=1S/C12H18ClN3O2S/c1-19(17,18)9-8-15-4-6-16(7-5-15)12-3-2-11(13)10-14-12/h2-3,10H,4-9H2,1H3. The maximum Gasteiger partial charge on any atom is 0.148 e. The first kappa shape index (κ1) is 14.6. The molecule has 2 heterocycles. The molecule has 106 valence electrons. The number of anilines is 1. The number of sulfone groups is 1. The largest absolute Gasteiger partial charge is 0.354 e. The first-order valence-corrected chi connectivity index (χ1v) is 8.64. The zero-order valence-electron chi connectivity index (χ0n) is 10.9. The van der Waals surface area contributed by atoms with Crippen LogP contribution in [0.2, 0.25) is 5.02 Å². The molecule has 1 saturated heterocycles. The molecule has 19 heavy (non-hydrogen) atoms. The van der Waals surface area contributed by atoms with Crippen LogP contribution >= 0.6 is 11.6 Å². The van der Waals surface area contributed by atoms with Gasteiger partial charge in [-0.3, -0.25) is 4.90 Å². The first-order valence-electron chi connectivity index (χ1n) is 6.21. The maximum absolute atomic E-state index is 11.1. The molecule has 0 atom stereocenters. The summed E-state index contributed by atoms with van der Waals surface area (Å²) in [4.78, 5) is 8.65. The molecule has 2 rings (SSSR count). The van der Waals surface area contributed by atoms with Crippen LogP contribution in [0.4, 0.5) is 5.82 Å². The number of rotatable bonds is 4. The maximum atomic E-state index is 11.1. The van der Waals surface area contributed by atoms with Crippen molar-refractivity contribution in [2.45, 2.75) is 0 Å². The number of halogens is 1. The van der Waals surface area contributed by atoms with Crippen molar-refractivity contribution in [2.24, 2.45) is 0 Å². The Morgan fingerprint density at radius 1 is 1.26 bits per heavy atom. The van der Waals surface area contributed by atoms with Gasteiger partial charge in [-0.15, -0.1) is 0 Å². The van der Waals surface area contributed by atoms with Gasteiger partial charge in [-0.2, -0.15) is 0 Å². The summed E-state index contributed by atoms with van der Waals surface area (Å²) in [5, 5.41) is 0.635. The molecule has 0 radical (unpaired) electrons. The molecule has 1 fully saturated rings. The number of piperazine rings is 1. The van der Waals surface area contributed by atoms with Crippen LogP contribution in [0.5, 0.6) is 0 Å². The first-order chi connectivity index (χ1) is 8.94. The van der Waals surface area contributed by atoms with Crippen molar-refractivity contribution in [3.05, 3.63) is 23.4 Å². The Morgan fingerprint density at radius 3 is 2.47 bits per heavy atom. The summed E-state index contributed by atoms with van der Waals surface area (Å²) in [5.41, 5.74) is 0. The molecule has 1 aromatic heterocycles. The molecule has 7 heteroatoms. The van der Waals surface area contributed by atoms with E-state index in [-0.39, 0.29) is 5.75 Å². The monoisotopic (exact) mass is 303 g/mol. The van der Waals surface area contributed by atoms with Gasteiger partial charge in [-0.1, -0.05) is 11.6 Å². The molecule has 0 amide bonds. The molecule has 0 saturated carbocycles. The molecule has 1 aliphatic heterocycles. The summed E-state index contributed by atoms with van der Waals surface area (Å²) in [6.45, 7) is 4.05. The van der Waals surface area contributed by atoms with E-state index in [1.807, 2.05) is 12.1 Å². The zero-order chi connectivity index (χ0) is 13.9. The molecule has 0 bridgehead atoms. The third-order valence-corrected chi connectivity index (χ3v) is 4.33. The van der Waals surface area contributed by atoms with Crippen LogP contribution in [-0.4, -0.2) is 63.0 Å². The molecule has 0 aliphatic carbocycles. The topological polar surface area (TPSA) is 53.5 Å². The minimum Gasteiger partial charge on any atom is -0.354 e. The van der Waals surface area contributed by atoms with E-state index in [9.17, 15) is 8.42 Å². The van der Waals surface area contributed by atoms with Crippen LogP contribution in [0, 0.1) is 0 Å². The van der Waals surface area contributed by atoms with Crippen LogP contribution in [0.3, 0.4) is 0 Å². The van der Waals surface area contributed by atoms with E-state index in [4.69, 9.17) is 11.6 Å². The molecule has 0 aromatic carbocycles. The Morgan fingerprint density at radius 2 is 1.95 bits per heavy atom. The lowest BCUT2D eigenvalue weighted by Gasteiger charge is -2.35. The quantitative estimate of drug-likeness (QED) is 0.827. The normalized spacial score (nSPS) is 17.7. The summed E-state index contributed by atoms with van der Waals surface area (Å²) < 4.78 is 22.3. The van der Waals surface area contributed by atoms with Crippen LogP contribution in [0.25, 0.3) is 0 Å². The fourth-order valence-electron chi connectivity index (χ4n) is 2.05. The van der Waals surface area contributed by atoms with Gasteiger partial charge < -0.3 is 4.90 Å². The van der Waals surface area contributed by atoms with Crippen LogP contribution in [-0.2, 0) is 9.84 Å². The van der Waals surface area contributed by atoms with E-state index in [1.165, 1.54) is 6.26 Å². The predicted octanol–water partition coefficient (Wildman–Crippen LogP) is 0.902. The molecule has 0 N–H and O–H groups in total. The molecular formula is C12H18ClN3O2S. The minimum atomic E-state index is -2.88. The van der Waals surface area contributed by atoms with Gasteiger partial charge >= 0.3 is 0 Å². The highest BCUT2D eigenvalue weighted by Gasteiger charge is 2.18. The van der Waals surface area contributed by atoms with Crippen molar-refractivity contribution >= 4 is 27.3 Å². The molecule has 1 aliphatic rings. The minimum absolute atomic E-state index is 0.228. The molecule has 1 aromatic rings. The van der Waals surface area contributed by atoms with Gasteiger partial charge in [-0.05, 0) is 12.1 Å². The molecular weight excluding hydrogens is 286 g/mol. The third kappa shape index (κ3) is 4.63. The highest BCUT2D eigenvalue weighted by molar-refractivity contribution is 7.90. The number of pyridine rings is 1. The van der Waals surface area contributed by atoms with Crippen molar-refractivity contribution in [1.82, 2.24) is 9.88 Å². The van der Waals surface area contributed by atoms with Gasteiger partial charge in [-0.25, -0.2) is 13.4 Å². The van der Waals surface area contributed by atoms with Crippen molar-refractivity contribution in [1.29, 1.82) is 0 Å². The van der Waals surface area contributed by atoms with Gasteiger partial charge in [0.15, 0.2) is 0 Å². The Labute approximate surface area is 119 Å². The van der Waals surface area contributed by atoms with E-state index < -0.39 is 9.84 Å². The second kappa shape index (κ2) is 6.07. The average Bonchev–Trinajstić information content (AvgIpc) is 2.37. The van der Waals surface area contributed by atoms with Gasteiger partial charge in [0.25, 0.3) is 0 Å². The Kier molecular flexibility index (Phi) is 4.65. The third-order valence-electron chi connectivity index (χ3n) is 3.19. The number of aromatic nitrogens is 1. The second-order valence-corrected chi connectivity index (χ2v) is 7.49. The Hall–Kier alpha value is -0.850. The number of nitrogens with zero attached hydrogens (tertiary/aromatic N) is 3. The summed E-state index contributed by atoms with van der Waals surface area (Å²) in [6.07, 6.45) is 2.92. The smallest absolute Gasteiger partial charge is 0.148 e. The summed E-state index contributed by atoms with van der Waals surface area (Å²) in [6, 6.07) is 3.74. The van der Waals surface area contributed by atoms with Crippen LogP contribution < -0.4 is 4.90 Å². The summed E-state index contributed by atoms with van der Waals surface area (Å²) >= 11 is 5.81. The van der Waals surface area contributed by atoms with Crippen molar-refractivity contribution in [3.63, 3.8) is 0 Å². The van der Waals surface area contributed by atoms with E-state index in [0.717, 1.165) is 32.0 Å². The van der Waals surface area contributed by atoms with E-state index in [0.29, 0.717) is 11.6 Å². The highest BCUT2D eigenvalue weighted by atomic mass is 35.5. The predicted molar refractivity (Wildman–Crippen MR) is 77.6 cm³/mol.